The van der Waals surface area contributed by atoms with Crippen molar-refractivity contribution in [3.05, 3.63) is 65.3 Å². The van der Waals surface area contributed by atoms with Crippen molar-refractivity contribution in [2.75, 3.05) is 37.6 Å². The van der Waals surface area contributed by atoms with E-state index in [-0.39, 0.29) is 6.03 Å². The summed E-state index contributed by atoms with van der Waals surface area (Å²) in [5, 5.41) is 5.02. The number of nitrogens with one attached hydrogen (secondary N) is 2. The van der Waals surface area contributed by atoms with Gasteiger partial charge in [0.1, 0.15) is 0 Å². The fourth-order valence-electron chi connectivity index (χ4n) is 3.59. The van der Waals surface area contributed by atoms with E-state index >= 15 is 0 Å². The van der Waals surface area contributed by atoms with Crippen molar-refractivity contribution in [3.8, 4) is 0 Å². The molecule has 1 aliphatic rings. The third kappa shape index (κ3) is 4.03. The summed E-state index contributed by atoms with van der Waals surface area (Å²) in [7, 11) is 0. The Morgan fingerprint density at radius 1 is 1.07 bits per heavy atom. The largest absolute Gasteiger partial charge is 0.368 e. The number of amides is 2. The Morgan fingerprint density at radius 2 is 1.89 bits per heavy atom. The molecule has 3 aromatic rings. The molecule has 27 heavy (non-hydrogen) atoms. The standard InChI is InChI=1S/C21H23ClN4O/c22-17-4-3-5-18(14-17)25-10-12-26(13-11-25)21(27)23-9-8-16-15-24-20-7-2-1-6-19(16)20/h1-7,14-15,24H,8-13H2,(H,23,27). The fraction of sp³-hybridized carbons (Fsp3) is 0.286. The Labute approximate surface area is 163 Å². The zero-order chi connectivity index (χ0) is 18.6. The summed E-state index contributed by atoms with van der Waals surface area (Å²) < 4.78 is 0. The molecule has 0 saturated carbocycles. The van der Waals surface area contributed by atoms with Gasteiger partial charge in [0.15, 0.2) is 0 Å². The van der Waals surface area contributed by atoms with Gasteiger partial charge in [-0.05, 0) is 36.2 Å². The summed E-state index contributed by atoms with van der Waals surface area (Å²) in [4.78, 5) is 19.9. The third-order valence-corrected chi connectivity index (χ3v) is 5.32. The minimum absolute atomic E-state index is 0.0144. The second-order valence-corrected chi connectivity index (χ2v) is 7.23. The number of hydrogen-bond acceptors (Lipinski definition) is 2. The summed E-state index contributed by atoms with van der Waals surface area (Å²) in [6.45, 7) is 3.69. The molecule has 2 N–H and O–H groups in total. The number of para-hydroxylation sites is 1. The van der Waals surface area contributed by atoms with E-state index in [4.69, 9.17) is 11.6 Å². The van der Waals surface area contributed by atoms with Crippen molar-refractivity contribution in [2.45, 2.75) is 6.42 Å². The van der Waals surface area contributed by atoms with Crippen LogP contribution in [0.25, 0.3) is 10.9 Å². The van der Waals surface area contributed by atoms with Gasteiger partial charge in [-0.1, -0.05) is 35.9 Å². The van der Waals surface area contributed by atoms with Gasteiger partial charge in [-0.2, -0.15) is 0 Å². The highest BCUT2D eigenvalue weighted by Crippen LogP contribution is 2.21. The lowest BCUT2D eigenvalue weighted by atomic mass is 10.1. The van der Waals surface area contributed by atoms with Gasteiger partial charge in [-0.3, -0.25) is 0 Å². The minimum atomic E-state index is 0.0144. The minimum Gasteiger partial charge on any atom is -0.368 e. The first kappa shape index (κ1) is 17.7. The van der Waals surface area contributed by atoms with Crippen LogP contribution >= 0.6 is 11.6 Å². The molecular weight excluding hydrogens is 360 g/mol. The van der Waals surface area contributed by atoms with Crippen LogP contribution in [0.1, 0.15) is 5.56 Å². The summed E-state index contributed by atoms with van der Waals surface area (Å²) in [6, 6.07) is 16.1. The van der Waals surface area contributed by atoms with Gasteiger partial charge in [0.2, 0.25) is 0 Å². The quantitative estimate of drug-likeness (QED) is 0.719. The SMILES string of the molecule is O=C(NCCc1c[nH]c2ccccc12)N1CCN(c2cccc(Cl)c2)CC1. The number of carbonyl (C=O) groups excluding carboxylic acids is 1. The highest BCUT2D eigenvalue weighted by Gasteiger charge is 2.21. The number of urea groups is 1. The molecule has 0 unspecified atom stereocenters. The average Bonchev–Trinajstić information content (AvgIpc) is 3.11. The first-order valence-corrected chi connectivity index (χ1v) is 9.67. The lowest BCUT2D eigenvalue weighted by molar-refractivity contribution is 0.194. The molecule has 0 radical (unpaired) electrons. The number of H-pyrrole nitrogens is 1. The van der Waals surface area contributed by atoms with Gasteiger partial charge in [-0.25, -0.2) is 4.79 Å². The molecule has 140 valence electrons. The van der Waals surface area contributed by atoms with Crippen molar-refractivity contribution in [2.24, 2.45) is 0 Å². The highest BCUT2D eigenvalue weighted by molar-refractivity contribution is 6.30. The maximum absolute atomic E-state index is 12.5. The van der Waals surface area contributed by atoms with Crippen LogP contribution in [0.4, 0.5) is 10.5 Å². The van der Waals surface area contributed by atoms with Crippen molar-refractivity contribution in [3.63, 3.8) is 0 Å². The van der Waals surface area contributed by atoms with Gasteiger partial charge in [0, 0.05) is 60.5 Å². The Balaban J connectivity index is 1.26. The maximum atomic E-state index is 12.5. The van der Waals surface area contributed by atoms with E-state index in [0.29, 0.717) is 19.6 Å². The number of benzene rings is 2. The molecule has 1 fully saturated rings. The molecule has 2 aromatic carbocycles. The Bertz CT molecular complexity index is 931. The van der Waals surface area contributed by atoms with E-state index in [2.05, 4.69) is 33.4 Å². The second kappa shape index (κ2) is 7.92. The first-order valence-electron chi connectivity index (χ1n) is 9.29. The molecule has 0 spiro atoms. The van der Waals surface area contributed by atoms with E-state index in [1.165, 1.54) is 10.9 Å². The predicted octanol–water partition coefficient (Wildman–Crippen LogP) is 3.90. The number of rotatable bonds is 4. The summed E-state index contributed by atoms with van der Waals surface area (Å²) in [6.07, 6.45) is 2.85. The zero-order valence-corrected chi connectivity index (χ0v) is 15.9. The van der Waals surface area contributed by atoms with E-state index in [0.717, 1.165) is 35.7 Å². The van der Waals surface area contributed by atoms with Crippen molar-refractivity contribution in [1.82, 2.24) is 15.2 Å². The monoisotopic (exact) mass is 382 g/mol. The van der Waals surface area contributed by atoms with Crippen LogP contribution < -0.4 is 10.2 Å². The number of halogens is 1. The number of fused-ring (bicyclic) bond motifs is 1. The number of hydrogen-bond donors (Lipinski definition) is 2. The number of carbonyl (C=O) groups is 1. The summed E-state index contributed by atoms with van der Waals surface area (Å²) in [5.41, 5.74) is 3.48. The van der Waals surface area contributed by atoms with Gasteiger partial charge in [-0.15, -0.1) is 0 Å². The second-order valence-electron chi connectivity index (χ2n) is 6.80. The molecule has 4 rings (SSSR count). The summed E-state index contributed by atoms with van der Waals surface area (Å²) in [5.74, 6) is 0. The Morgan fingerprint density at radius 3 is 2.70 bits per heavy atom. The molecule has 1 aromatic heterocycles. The van der Waals surface area contributed by atoms with Gasteiger partial charge < -0.3 is 20.1 Å². The van der Waals surface area contributed by atoms with Crippen molar-refractivity contribution >= 4 is 34.2 Å². The van der Waals surface area contributed by atoms with Crippen molar-refractivity contribution in [1.29, 1.82) is 0 Å². The fourth-order valence-corrected chi connectivity index (χ4v) is 3.78. The molecule has 5 nitrogen and oxygen atoms in total. The van der Waals surface area contributed by atoms with E-state index in [9.17, 15) is 4.79 Å². The molecule has 6 heteroatoms. The van der Waals surface area contributed by atoms with Gasteiger partial charge in [0.05, 0.1) is 0 Å². The number of nitrogens with zero attached hydrogens (tertiary/aromatic N) is 2. The number of piperazine rings is 1. The smallest absolute Gasteiger partial charge is 0.317 e. The predicted molar refractivity (Wildman–Crippen MR) is 111 cm³/mol. The number of aromatic amines is 1. The van der Waals surface area contributed by atoms with E-state index in [1.54, 1.807) is 0 Å². The van der Waals surface area contributed by atoms with Gasteiger partial charge in [0.25, 0.3) is 0 Å². The molecule has 0 atom stereocenters. The molecule has 0 bridgehead atoms. The van der Waals surface area contributed by atoms with Crippen LogP contribution in [0.5, 0.6) is 0 Å². The Kier molecular flexibility index (Phi) is 5.21. The van der Waals surface area contributed by atoms with E-state index in [1.807, 2.05) is 41.4 Å². The van der Waals surface area contributed by atoms with Crippen molar-refractivity contribution < 1.29 is 4.79 Å². The van der Waals surface area contributed by atoms with Crippen LogP contribution in [0.2, 0.25) is 5.02 Å². The normalized spacial score (nSPS) is 14.6. The third-order valence-electron chi connectivity index (χ3n) is 5.09. The molecular formula is C21H23ClN4O. The Hall–Kier alpha value is -2.66. The van der Waals surface area contributed by atoms with Crippen LogP contribution in [0.15, 0.2) is 54.7 Å². The van der Waals surface area contributed by atoms with Crippen LogP contribution in [0, 0.1) is 0 Å². The molecule has 1 saturated heterocycles. The highest BCUT2D eigenvalue weighted by atomic mass is 35.5. The van der Waals surface area contributed by atoms with Crippen LogP contribution in [-0.4, -0.2) is 48.6 Å². The molecule has 0 aliphatic carbocycles. The maximum Gasteiger partial charge on any atom is 0.317 e. The van der Waals surface area contributed by atoms with Crippen LogP contribution in [0.3, 0.4) is 0 Å². The molecule has 1 aliphatic heterocycles. The zero-order valence-electron chi connectivity index (χ0n) is 15.1. The molecule has 2 heterocycles. The lowest BCUT2D eigenvalue weighted by Crippen LogP contribution is -2.52. The average molecular weight is 383 g/mol. The number of aromatic nitrogens is 1. The van der Waals surface area contributed by atoms with Gasteiger partial charge >= 0.3 is 6.03 Å². The van der Waals surface area contributed by atoms with E-state index < -0.39 is 0 Å². The van der Waals surface area contributed by atoms with Crippen LogP contribution in [-0.2, 0) is 6.42 Å². The lowest BCUT2D eigenvalue weighted by Gasteiger charge is -2.36. The molecule has 2 amide bonds. The number of anilines is 1. The topological polar surface area (TPSA) is 51.4 Å². The summed E-state index contributed by atoms with van der Waals surface area (Å²) >= 11 is 6.08. The first-order chi connectivity index (χ1) is 13.2.